The predicted octanol–water partition coefficient (Wildman–Crippen LogP) is 1.15. The molecular weight excluding hydrogens is 358 g/mol. The Bertz CT molecular complexity index is 908. The first-order valence-electron chi connectivity index (χ1n) is 10.4. The molecule has 0 saturated carbocycles. The highest BCUT2D eigenvalue weighted by molar-refractivity contribution is 5.90. The number of hydrogen-bond acceptors (Lipinski definition) is 5. The zero-order valence-electron chi connectivity index (χ0n) is 16.7. The molecule has 0 saturated heterocycles. The van der Waals surface area contributed by atoms with E-state index in [0.717, 1.165) is 56.7 Å². The summed E-state index contributed by atoms with van der Waals surface area (Å²) in [6.45, 7) is 6.34. The highest BCUT2D eigenvalue weighted by Crippen LogP contribution is 2.16. The smallest absolute Gasteiger partial charge is 0.345 e. The van der Waals surface area contributed by atoms with E-state index in [-0.39, 0.29) is 17.6 Å². The minimum atomic E-state index is -0.167. The molecule has 2 aromatic heterocycles. The van der Waals surface area contributed by atoms with Crippen molar-refractivity contribution in [3.8, 4) is 0 Å². The molecule has 0 aliphatic carbocycles. The Morgan fingerprint density at radius 1 is 1.11 bits per heavy atom. The van der Waals surface area contributed by atoms with Gasteiger partial charge in [-0.2, -0.15) is 5.10 Å². The Hall–Kier alpha value is -2.45. The minimum absolute atomic E-state index is 0.00857. The molecule has 1 atom stereocenters. The number of aryl methyl sites for hydroxylation is 3. The minimum Gasteiger partial charge on any atom is -0.346 e. The van der Waals surface area contributed by atoms with Crippen LogP contribution in [0.2, 0.25) is 0 Å². The third-order valence-corrected chi connectivity index (χ3v) is 5.73. The lowest BCUT2D eigenvalue weighted by Gasteiger charge is -2.18. The number of nitrogens with one attached hydrogen (secondary N) is 1. The second kappa shape index (κ2) is 7.89. The van der Waals surface area contributed by atoms with Crippen molar-refractivity contribution in [1.82, 2.24) is 34.4 Å². The zero-order chi connectivity index (χ0) is 19.7. The van der Waals surface area contributed by atoms with Crippen LogP contribution in [0.4, 0.5) is 0 Å². The predicted molar refractivity (Wildman–Crippen MR) is 103 cm³/mol. The van der Waals surface area contributed by atoms with Gasteiger partial charge in [0.05, 0.1) is 0 Å². The first kappa shape index (κ1) is 18.9. The van der Waals surface area contributed by atoms with Crippen LogP contribution >= 0.6 is 0 Å². The third kappa shape index (κ3) is 3.74. The van der Waals surface area contributed by atoms with E-state index in [1.54, 1.807) is 9.25 Å². The van der Waals surface area contributed by atoms with Gasteiger partial charge >= 0.3 is 5.69 Å². The summed E-state index contributed by atoms with van der Waals surface area (Å²) in [6.07, 6.45) is 6.16. The van der Waals surface area contributed by atoms with Crippen molar-refractivity contribution in [1.29, 1.82) is 0 Å². The number of carbonyl (C=O) groups excluding carboxylic acids is 1. The molecule has 4 rings (SSSR count). The van der Waals surface area contributed by atoms with Crippen molar-refractivity contribution >= 4 is 5.91 Å². The zero-order valence-corrected chi connectivity index (χ0v) is 16.7. The molecule has 0 radical (unpaired) electrons. The van der Waals surface area contributed by atoms with Gasteiger partial charge in [0.1, 0.15) is 11.6 Å². The van der Waals surface area contributed by atoms with Crippen molar-refractivity contribution in [3.63, 3.8) is 0 Å². The fourth-order valence-electron chi connectivity index (χ4n) is 4.02. The standard InChI is InChI=1S/C19H29N7O2/c1-13(2)8-12-26-19(28)25-11-9-14(6-7-16(25)23-26)20-18(27)17-22-21-15-5-3-4-10-24(15)17/h13-14H,3-12H2,1-2H3,(H,20,27). The summed E-state index contributed by atoms with van der Waals surface area (Å²) in [7, 11) is 0. The van der Waals surface area contributed by atoms with Crippen molar-refractivity contribution in [2.75, 3.05) is 0 Å². The van der Waals surface area contributed by atoms with Crippen LogP contribution in [0.1, 0.15) is 68.2 Å². The van der Waals surface area contributed by atoms with Gasteiger partial charge in [-0.1, -0.05) is 13.8 Å². The van der Waals surface area contributed by atoms with E-state index < -0.39 is 0 Å². The molecule has 2 aliphatic heterocycles. The normalized spacial score (nSPS) is 19.2. The number of fused-ring (bicyclic) bond motifs is 2. The molecule has 9 nitrogen and oxygen atoms in total. The monoisotopic (exact) mass is 387 g/mol. The van der Waals surface area contributed by atoms with Gasteiger partial charge in [0.2, 0.25) is 5.82 Å². The molecular formula is C19H29N7O2. The Morgan fingerprint density at radius 3 is 2.79 bits per heavy atom. The number of nitrogens with zero attached hydrogens (tertiary/aromatic N) is 6. The van der Waals surface area contributed by atoms with Crippen LogP contribution in [0.3, 0.4) is 0 Å². The Balaban J connectivity index is 1.40. The summed E-state index contributed by atoms with van der Waals surface area (Å²) < 4.78 is 5.30. The van der Waals surface area contributed by atoms with Gasteiger partial charge < -0.3 is 9.88 Å². The van der Waals surface area contributed by atoms with Crippen LogP contribution in [0.25, 0.3) is 0 Å². The van der Waals surface area contributed by atoms with Crippen LogP contribution in [-0.4, -0.2) is 41.1 Å². The van der Waals surface area contributed by atoms with Gasteiger partial charge in [-0.15, -0.1) is 10.2 Å². The fraction of sp³-hybridized carbons (Fsp3) is 0.737. The summed E-state index contributed by atoms with van der Waals surface area (Å²) in [4.78, 5) is 25.3. The van der Waals surface area contributed by atoms with Gasteiger partial charge in [0.25, 0.3) is 5.91 Å². The van der Waals surface area contributed by atoms with Crippen LogP contribution < -0.4 is 11.0 Å². The summed E-state index contributed by atoms with van der Waals surface area (Å²) in [5.41, 5.74) is -0.0332. The molecule has 2 aliphatic rings. The average molecular weight is 387 g/mol. The molecule has 9 heteroatoms. The first-order valence-corrected chi connectivity index (χ1v) is 10.4. The summed E-state index contributed by atoms with van der Waals surface area (Å²) >= 11 is 0. The molecule has 0 fully saturated rings. The molecule has 0 bridgehead atoms. The lowest BCUT2D eigenvalue weighted by atomic mass is 10.1. The van der Waals surface area contributed by atoms with Crippen molar-refractivity contribution in [2.24, 2.45) is 5.92 Å². The number of carbonyl (C=O) groups is 1. The summed E-state index contributed by atoms with van der Waals surface area (Å²) in [6, 6.07) is 0.00857. The average Bonchev–Trinajstić information content (AvgIpc) is 3.17. The Morgan fingerprint density at radius 2 is 1.96 bits per heavy atom. The van der Waals surface area contributed by atoms with Gasteiger partial charge in [-0.3, -0.25) is 9.36 Å². The maximum atomic E-state index is 12.7. The number of aromatic nitrogens is 6. The van der Waals surface area contributed by atoms with Crippen molar-refractivity contribution in [2.45, 2.75) is 84.5 Å². The molecule has 28 heavy (non-hydrogen) atoms. The van der Waals surface area contributed by atoms with E-state index in [1.165, 1.54) is 0 Å². The molecule has 2 aromatic rings. The highest BCUT2D eigenvalue weighted by atomic mass is 16.2. The van der Waals surface area contributed by atoms with E-state index in [2.05, 4.69) is 34.5 Å². The number of rotatable bonds is 5. The fourth-order valence-corrected chi connectivity index (χ4v) is 4.02. The quantitative estimate of drug-likeness (QED) is 0.830. The van der Waals surface area contributed by atoms with Crippen molar-refractivity contribution < 1.29 is 4.79 Å². The van der Waals surface area contributed by atoms with Crippen LogP contribution in [0.5, 0.6) is 0 Å². The van der Waals surface area contributed by atoms with E-state index in [1.807, 2.05) is 4.57 Å². The molecule has 4 heterocycles. The van der Waals surface area contributed by atoms with Crippen LogP contribution in [0.15, 0.2) is 4.79 Å². The van der Waals surface area contributed by atoms with Crippen LogP contribution in [-0.2, 0) is 32.5 Å². The van der Waals surface area contributed by atoms with Gasteiger partial charge in [-0.05, 0) is 38.0 Å². The summed E-state index contributed by atoms with van der Waals surface area (Å²) in [5.74, 6) is 2.51. The lowest BCUT2D eigenvalue weighted by Crippen LogP contribution is -2.37. The van der Waals surface area contributed by atoms with Crippen molar-refractivity contribution in [3.05, 3.63) is 28.0 Å². The second-order valence-electron chi connectivity index (χ2n) is 8.30. The van der Waals surface area contributed by atoms with Gasteiger partial charge in [-0.25, -0.2) is 9.48 Å². The molecule has 1 unspecified atom stereocenters. The maximum Gasteiger partial charge on any atom is 0.345 e. The number of hydrogen-bond donors (Lipinski definition) is 1. The molecule has 152 valence electrons. The first-order chi connectivity index (χ1) is 13.5. The maximum absolute atomic E-state index is 12.7. The topological polar surface area (TPSA) is 99.6 Å². The summed E-state index contributed by atoms with van der Waals surface area (Å²) in [5, 5.41) is 15.9. The molecule has 0 aromatic carbocycles. The van der Waals surface area contributed by atoms with E-state index >= 15 is 0 Å². The van der Waals surface area contributed by atoms with Gasteiger partial charge in [0, 0.05) is 38.5 Å². The van der Waals surface area contributed by atoms with Gasteiger partial charge in [0.15, 0.2) is 0 Å². The molecule has 0 spiro atoms. The Labute approximate surface area is 164 Å². The second-order valence-corrected chi connectivity index (χ2v) is 8.30. The van der Waals surface area contributed by atoms with E-state index in [9.17, 15) is 9.59 Å². The van der Waals surface area contributed by atoms with Crippen LogP contribution in [0, 0.1) is 5.92 Å². The molecule has 1 N–H and O–H groups in total. The lowest BCUT2D eigenvalue weighted by molar-refractivity contribution is 0.0916. The van der Waals surface area contributed by atoms with E-state index in [0.29, 0.717) is 31.3 Å². The highest BCUT2D eigenvalue weighted by Gasteiger charge is 2.25. The SMILES string of the molecule is CC(C)CCn1nc2n(c1=O)CCC(NC(=O)c1nnc3n1CCCC3)CC2. The van der Waals surface area contributed by atoms with E-state index in [4.69, 9.17) is 0 Å². The molecule has 1 amide bonds. The number of amides is 1. The Kier molecular flexibility index (Phi) is 5.32. The third-order valence-electron chi connectivity index (χ3n) is 5.73. The largest absolute Gasteiger partial charge is 0.346 e.